The second kappa shape index (κ2) is 9.37. The Labute approximate surface area is 167 Å². The topological polar surface area (TPSA) is 69.7 Å². The van der Waals surface area contributed by atoms with E-state index in [-0.39, 0.29) is 40.6 Å². The van der Waals surface area contributed by atoms with Gasteiger partial charge in [-0.15, -0.1) is 0 Å². The van der Waals surface area contributed by atoms with E-state index in [2.05, 4.69) is 5.32 Å². The van der Waals surface area contributed by atoms with Gasteiger partial charge < -0.3 is 15.1 Å². The molecule has 1 heterocycles. The van der Waals surface area contributed by atoms with Gasteiger partial charge in [-0.3, -0.25) is 14.4 Å². The number of amides is 3. The maximum Gasteiger partial charge on any atom is 0.223 e. The molecule has 1 aromatic rings. The summed E-state index contributed by atoms with van der Waals surface area (Å²) in [4.78, 5) is 39.0. The van der Waals surface area contributed by atoms with Crippen LogP contribution < -0.4 is 5.32 Å². The highest BCUT2D eigenvalue weighted by atomic mass is 35.5. The molecule has 0 radical (unpaired) electrons. The Bertz CT molecular complexity index is 737. The fourth-order valence-electron chi connectivity index (χ4n) is 2.91. The quantitative estimate of drug-likeness (QED) is 0.748. The normalized spacial score (nSPS) is 15.4. The average Bonchev–Trinajstić information content (AvgIpc) is 2.62. The van der Waals surface area contributed by atoms with E-state index in [4.69, 9.17) is 23.2 Å². The third kappa shape index (κ3) is 5.81. The lowest BCUT2D eigenvalue weighted by atomic mass is 10.1. The number of nitrogens with zero attached hydrogens (tertiary/aromatic N) is 2. The van der Waals surface area contributed by atoms with Gasteiger partial charge >= 0.3 is 0 Å². The Morgan fingerprint density at radius 3 is 2.26 bits per heavy atom. The molecule has 1 N–H and O–H groups in total. The zero-order valence-electron chi connectivity index (χ0n) is 15.2. The lowest BCUT2D eigenvalue weighted by molar-refractivity contribution is -0.139. The van der Waals surface area contributed by atoms with Crippen LogP contribution in [0.5, 0.6) is 0 Å². The van der Waals surface area contributed by atoms with E-state index in [0.29, 0.717) is 31.7 Å². The fraction of sp³-hybridized carbons (Fsp3) is 0.500. The van der Waals surface area contributed by atoms with Crippen molar-refractivity contribution in [3.8, 4) is 0 Å². The molecule has 0 unspecified atom stereocenters. The molecule has 2 rings (SSSR count). The van der Waals surface area contributed by atoms with Crippen molar-refractivity contribution >= 4 is 40.9 Å². The van der Waals surface area contributed by atoms with Gasteiger partial charge in [0.1, 0.15) is 5.82 Å². The monoisotopic (exact) mass is 417 g/mol. The van der Waals surface area contributed by atoms with Crippen LogP contribution in [0.15, 0.2) is 12.1 Å². The zero-order chi connectivity index (χ0) is 20.1. The molecule has 0 saturated carbocycles. The largest absolute Gasteiger partial charge is 0.350 e. The molecule has 0 bridgehead atoms. The number of piperazine rings is 1. The van der Waals surface area contributed by atoms with Crippen LogP contribution in [-0.2, 0) is 14.4 Å². The van der Waals surface area contributed by atoms with Crippen molar-refractivity contribution in [3.63, 3.8) is 0 Å². The third-order valence-corrected chi connectivity index (χ3v) is 5.14. The highest BCUT2D eigenvalue weighted by Crippen LogP contribution is 2.28. The van der Waals surface area contributed by atoms with Crippen molar-refractivity contribution in [2.75, 3.05) is 26.2 Å². The molecule has 0 spiro atoms. The fourth-order valence-corrected chi connectivity index (χ4v) is 3.46. The number of benzene rings is 1. The maximum atomic E-state index is 13.6. The smallest absolute Gasteiger partial charge is 0.223 e. The van der Waals surface area contributed by atoms with Crippen molar-refractivity contribution < 1.29 is 18.8 Å². The van der Waals surface area contributed by atoms with Crippen LogP contribution in [0.2, 0.25) is 10.0 Å². The van der Waals surface area contributed by atoms with Crippen LogP contribution in [0.25, 0.3) is 0 Å². The summed E-state index contributed by atoms with van der Waals surface area (Å²) in [7, 11) is 0. The SMILES string of the molecule is CC(=O)N1CCN(C(=O)CCC(=O)N[C@@H](C)c2cc(F)c(Cl)cc2Cl)CC1. The van der Waals surface area contributed by atoms with E-state index in [0.717, 1.165) is 0 Å². The Hall–Kier alpha value is -1.86. The van der Waals surface area contributed by atoms with Crippen LogP contribution in [0.1, 0.15) is 38.3 Å². The van der Waals surface area contributed by atoms with Gasteiger partial charge in [0.05, 0.1) is 11.1 Å². The summed E-state index contributed by atoms with van der Waals surface area (Å²) >= 11 is 11.7. The molecule has 3 amide bonds. The summed E-state index contributed by atoms with van der Waals surface area (Å²) < 4.78 is 13.6. The molecule has 1 aliphatic rings. The van der Waals surface area contributed by atoms with Crippen LogP contribution in [-0.4, -0.2) is 53.7 Å². The second-order valence-electron chi connectivity index (χ2n) is 6.46. The molecule has 0 aromatic heterocycles. The minimum atomic E-state index is -0.614. The number of nitrogens with one attached hydrogen (secondary N) is 1. The number of hydrogen-bond donors (Lipinski definition) is 1. The number of rotatable bonds is 5. The van der Waals surface area contributed by atoms with Gasteiger partial charge in [-0.1, -0.05) is 23.2 Å². The summed E-state index contributed by atoms with van der Waals surface area (Å²) in [6, 6.07) is 1.96. The van der Waals surface area contributed by atoms with E-state index in [1.807, 2.05) is 0 Å². The van der Waals surface area contributed by atoms with Crippen molar-refractivity contribution in [3.05, 3.63) is 33.6 Å². The number of halogens is 3. The van der Waals surface area contributed by atoms with Crippen LogP contribution in [0, 0.1) is 5.82 Å². The minimum Gasteiger partial charge on any atom is -0.350 e. The number of carbonyl (C=O) groups excluding carboxylic acids is 3. The second-order valence-corrected chi connectivity index (χ2v) is 7.28. The Morgan fingerprint density at radius 1 is 1.07 bits per heavy atom. The van der Waals surface area contributed by atoms with Gasteiger partial charge in [0.2, 0.25) is 17.7 Å². The van der Waals surface area contributed by atoms with E-state index in [9.17, 15) is 18.8 Å². The van der Waals surface area contributed by atoms with E-state index >= 15 is 0 Å². The van der Waals surface area contributed by atoms with E-state index in [1.54, 1.807) is 16.7 Å². The summed E-state index contributed by atoms with van der Waals surface area (Å²) in [6.45, 7) is 5.12. The summed E-state index contributed by atoms with van der Waals surface area (Å²) in [5, 5.41) is 2.88. The summed E-state index contributed by atoms with van der Waals surface area (Å²) in [5.74, 6) is -1.08. The average molecular weight is 418 g/mol. The number of hydrogen-bond acceptors (Lipinski definition) is 3. The molecule has 1 saturated heterocycles. The first-order valence-electron chi connectivity index (χ1n) is 8.66. The van der Waals surface area contributed by atoms with Gasteiger partial charge in [0.25, 0.3) is 0 Å². The predicted molar refractivity (Wildman–Crippen MR) is 101 cm³/mol. The molecule has 148 valence electrons. The Balaban J connectivity index is 1.81. The van der Waals surface area contributed by atoms with Gasteiger partial charge in [-0.25, -0.2) is 4.39 Å². The van der Waals surface area contributed by atoms with Crippen LogP contribution in [0.4, 0.5) is 4.39 Å². The van der Waals surface area contributed by atoms with Gasteiger partial charge in [-0.2, -0.15) is 0 Å². The molecule has 9 heteroatoms. The lowest BCUT2D eigenvalue weighted by Gasteiger charge is -2.34. The van der Waals surface area contributed by atoms with Crippen molar-refractivity contribution in [1.29, 1.82) is 0 Å². The Morgan fingerprint density at radius 2 is 1.67 bits per heavy atom. The predicted octanol–water partition coefficient (Wildman–Crippen LogP) is 2.78. The maximum absolute atomic E-state index is 13.6. The van der Waals surface area contributed by atoms with Gasteiger partial charge in [-0.05, 0) is 24.6 Å². The minimum absolute atomic E-state index is 0.00670. The molecule has 27 heavy (non-hydrogen) atoms. The summed E-state index contributed by atoms with van der Waals surface area (Å²) in [5.41, 5.74) is 0.415. The molecule has 1 aromatic carbocycles. The van der Waals surface area contributed by atoms with Crippen LogP contribution >= 0.6 is 23.2 Å². The molecule has 1 aliphatic heterocycles. The van der Waals surface area contributed by atoms with Crippen LogP contribution in [0.3, 0.4) is 0 Å². The van der Waals surface area contributed by atoms with Gasteiger partial charge in [0, 0.05) is 51.0 Å². The number of carbonyl (C=O) groups is 3. The zero-order valence-corrected chi connectivity index (χ0v) is 16.7. The molecule has 1 atom stereocenters. The molecule has 0 aliphatic carbocycles. The van der Waals surface area contributed by atoms with Crippen molar-refractivity contribution in [2.24, 2.45) is 0 Å². The third-order valence-electron chi connectivity index (χ3n) is 4.53. The van der Waals surface area contributed by atoms with Crippen molar-refractivity contribution in [1.82, 2.24) is 15.1 Å². The first-order valence-corrected chi connectivity index (χ1v) is 9.41. The molecule has 1 fully saturated rings. The highest BCUT2D eigenvalue weighted by Gasteiger charge is 2.23. The van der Waals surface area contributed by atoms with E-state index < -0.39 is 11.9 Å². The standard InChI is InChI=1S/C18H22Cl2FN3O3/c1-11(13-9-16(21)15(20)10-14(13)19)22-17(26)3-4-18(27)24-7-5-23(6-8-24)12(2)25/h9-11H,3-8H2,1-2H3,(H,22,26)/t11-/m0/s1. The first-order chi connectivity index (χ1) is 12.7. The summed E-state index contributed by atoms with van der Waals surface area (Å²) in [6.07, 6.45) is 0.0884. The lowest BCUT2D eigenvalue weighted by Crippen LogP contribution is -2.50. The van der Waals surface area contributed by atoms with Crippen molar-refractivity contribution in [2.45, 2.75) is 32.7 Å². The molecule has 6 nitrogen and oxygen atoms in total. The first kappa shape index (κ1) is 21.4. The molecular weight excluding hydrogens is 396 g/mol. The Kier molecular flexibility index (Phi) is 7.44. The molecular formula is C18H22Cl2FN3O3. The van der Waals surface area contributed by atoms with Gasteiger partial charge in [0.15, 0.2) is 0 Å². The van der Waals surface area contributed by atoms with E-state index in [1.165, 1.54) is 19.1 Å². The highest BCUT2D eigenvalue weighted by molar-refractivity contribution is 6.35.